The Balaban J connectivity index is 1.97. The van der Waals surface area contributed by atoms with Crippen LogP contribution < -0.4 is 0 Å². The zero-order valence-corrected chi connectivity index (χ0v) is 9.96. The summed E-state index contributed by atoms with van der Waals surface area (Å²) < 4.78 is 1.19. The number of hydrogen-bond donors (Lipinski definition) is 1. The second-order valence-corrected chi connectivity index (χ2v) is 5.60. The van der Waals surface area contributed by atoms with Crippen LogP contribution in [0.1, 0.15) is 43.0 Å². The van der Waals surface area contributed by atoms with Crippen LogP contribution in [0.25, 0.3) is 10.2 Å². The van der Waals surface area contributed by atoms with Gasteiger partial charge in [0.2, 0.25) is 0 Å². The quantitative estimate of drug-likeness (QED) is 0.806. The van der Waals surface area contributed by atoms with Crippen LogP contribution in [0.3, 0.4) is 0 Å². The Morgan fingerprint density at radius 3 is 2.81 bits per heavy atom. The molecule has 1 aromatic heterocycles. The van der Waals surface area contributed by atoms with Crippen LogP contribution in [-0.2, 0) is 0 Å². The molecule has 1 aliphatic rings. The first kappa shape index (κ1) is 10.1. The van der Waals surface area contributed by atoms with Crippen molar-refractivity contribution in [2.45, 2.75) is 38.0 Å². The van der Waals surface area contributed by atoms with Crippen molar-refractivity contribution >= 4 is 21.6 Å². The molecule has 16 heavy (non-hydrogen) atoms. The molecule has 3 heteroatoms. The van der Waals surface area contributed by atoms with Crippen molar-refractivity contribution in [2.24, 2.45) is 0 Å². The summed E-state index contributed by atoms with van der Waals surface area (Å²) in [7, 11) is 0. The normalized spacial score (nSPS) is 18.0. The minimum Gasteiger partial charge on any atom is -0.508 e. The number of phenols is 1. The molecule has 1 aliphatic carbocycles. The van der Waals surface area contributed by atoms with E-state index in [-0.39, 0.29) is 0 Å². The Bertz CT molecular complexity index is 500. The Hall–Kier alpha value is -1.09. The van der Waals surface area contributed by atoms with Gasteiger partial charge in [0.1, 0.15) is 5.75 Å². The zero-order valence-electron chi connectivity index (χ0n) is 9.15. The van der Waals surface area contributed by atoms with Crippen molar-refractivity contribution in [2.75, 3.05) is 0 Å². The number of benzene rings is 1. The minimum absolute atomic E-state index is 0.313. The Kier molecular flexibility index (Phi) is 2.56. The minimum atomic E-state index is 0.313. The van der Waals surface area contributed by atoms with Crippen LogP contribution in [0.2, 0.25) is 0 Å². The average Bonchev–Trinajstić information content (AvgIpc) is 2.73. The molecule has 0 radical (unpaired) electrons. The maximum atomic E-state index is 9.41. The summed E-state index contributed by atoms with van der Waals surface area (Å²) in [5, 5.41) is 10.7. The Morgan fingerprint density at radius 1 is 1.19 bits per heavy atom. The Morgan fingerprint density at radius 2 is 2.00 bits per heavy atom. The highest BCUT2D eigenvalue weighted by Crippen LogP contribution is 2.37. The molecule has 0 amide bonds. The predicted octanol–water partition coefficient (Wildman–Crippen LogP) is 4.05. The van der Waals surface area contributed by atoms with Gasteiger partial charge >= 0.3 is 0 Å². The highest BCUT2D eigenvalue weighted by atomic mass is 32.1. The zero-order chi connectivity index (χ0) is 11.0. The van der Waals surface area contributed by atoms with Gasteiger partial charge < -0.3 is 5.11 Å². The molecule has 2 aromatic rings. The van der Waals surface area contributed by atoms with Gasteiger partial charge in [0.15, 0.2) is 0 Å². The molecule has 1 saturated carbocycles. The molecule has 84 valence electrons. The standard InChI is InChI=1S/C13H15NOS/c15-10-6-7-12-11(8-10)14-13(16-12)9-4-2-1-3-5-9/h6-9,15H,1-5H2. The first-order chi connectivity index (χ1) is 7.83. The van der Waals surface area contributed by atoms with Crippen molar-refractivity contribution in [3.63, 3.8) is 0 Å². The van der Waals surface area contributed by atoms with Crippen LogP contribution in [-0.4, -0.2) is 10.1 Å². The SMILES string of the molecule is Oc1ccc2sc(C3CCCCC3)nc2c1. The molecular formula is C13H15NOS. The van der Waals surface area contributed by atoms with E-state index >= 15 is 0 Å². The van der Waals surface area contributed by atoms with Crippen molar-refractivity contribution in [3.05, 3.63) is 23.2 Å². The molecule has 0 bridgehead atoms. The smallest absolute Gasteiger partial charge is 0.117 e. The lowest BCUT2D eigenvalue weighted by molar-refractivity contribution is 0.443. The molecule has 1 N–H and O–H groups in total. The van der Waals surface area contributed by atoms with E-state index in [0.29, 0.717) is 11.7 Å². The van der Waals surface area contributed by atoms with E-state index in [4.69, 9.17) is 0 Å². The first-order valence-electron chi connectivity index (χ1n) is 5.92. The van der Waals surface area contributed by atoms with Crippen LogP contribution in [0.5, 0.6) is 5.75 Å². The first-order valence-corrected chi connectivity index (χ1v) is 6.74. The van der Waals surface area contributed by atoms with E-state index in [1.54, 1.807) is 23.5 Å². The summed E-state index contributed by atoms with van der Waals surface area (Å²) in [6.45, 7) is 0. The van der Waals surface area contributed by atoms with E-state index < -0.39 is 0 Å². The molecule has 0 atom stereocenters. The van der Waals surface area contributed by atoms with Crippen molar-refractivity contribution in [3.8, 4) is 5.75 Å². The lowest BCUT2D eigenvalue weighted by Crippen LogP contribution is -2.03. The van der Waals surface area contributed by atoms with Crippen LogP contribution in [0.15, 0.2) is 18.2 Å². The predicted molar refractivity (Wildman–Crippen MR) is 67.1 cm³/mol. The summed E-state index contributed by atoms with van der Waals surface area (Å²) in [5.74, 6) is 0.973. The van der Waals surface area contributed by atoms with Gasteiger partial charge in [-0.05, 0) is 25.0 Å². The summed E-state index contributed by atoms with van der Waals surface area (Å²) in [5.41, 5.74) is 0.950. The number of aromatic hydroxyl groups is 1. The van der Waals surface area contributed by atoms with Gasteiger partial charge in [-0.1, -0.05) is 19.3 Å². The van der Waals surface area contributed by atoms with E-state index in [0.717, 1.165) is 5.52 Å². The summed E-state index contributed by atoms with van der Waals surface area (Å²) in [6.07, 6.45) is 6.62. The summed E-state index contributed by atoms with van der Waals surface area (Å²) >= 11 is 1.79. The van der Waals surface area contributed by atoms with Crippen molar-refractivity contribution in [1.82, 2.24) is 4.98 Å². The largest absolute Gasteiger partial charge is 0.508 e. The number of phenolic OH excluding ortho intramolecular Hbond substituents is 1. The lowest BCUT2D eigenvalue weighted by atomic mass is 9.90. The number of thiazole rings is 1. The number of fused-ring (bicyclic) bond motifs is 1. The highest BCUT2D eigenvalue weighted by molar-refractivity contribution is 7.18. The molecular weight excluding hydrogens is 218 g/mol. The summed E-state index contributed by atoms with van der Waals surface area (Å²) in [6, 6.07) is 5.47. The lowest BCUT2D eigenvalue weighted by Gasteiger charge is -2.18. The fourth-order valence-corrected chi connectivity index (χ4v) is 3.57. The van der Waals surface area contributed by atoms with Gasteiger partial charge in [0.05, 0.1) is 15.2 Å². The van der Waals surface area contributed by atoms with Crippen molar-refractivity contribution < 1.29 is 5.11 Å². The highest BCUT2D eigenvalue weighted by Gasteiger charge is 2.19. The maximum Gasteiger partial charge on any atom is 0.117 e. The molecule has 3 rings (SSSR count). The molecule has 2 nitrogen and oxygen atoms in total. The second-order valence-electron chi connectivity index (χ2n) is 4.54. The van der Waals surface area contributed by atoms with Gasteiger partial charge in [-0.15, -0.1) is 11.3 Å². The summed E-state index contributed by atoms with van der Waals surface area (Å²) in [4.78, 5) is 4.66. The van der Waals surface area contributed by atoms with Gasteiger partial charge in [-0.25, -0.2) is 4.98 Å². The number of rotatable bonds is 1. The monoisotopic (exact) mass is 233 g/mol. The fourth-order valence-electron chi connectivity index (χ4n) is 2.46. The van der Waals surface area contributed by atoms with Crippen LogP contribution >= 0.6 is 11.3 Å². The third-order valence-corrected chi connectivity index (χ3v) is 4.54. The number of hydrogen-bond acceptors (Lipinski definition) is 3. The Labute approximate surface area is 99.0 Å². The van der Waals surface area contributed by atoms with Gasteiger partial charge in [0, 0.05) is 12.0 Å². The fraction of sp³-hybridized carbons (Fsp3) is 0.462. The van der Waals surface area contributed by atoms with E-state index in [1.165, 1.54) is 41.8 Å². The van der Waals surface area contributed by atoms with E-state index in [2.05, 4.69) is 4.98 Å². The number of aromatic nitrogens is 1. The third-order valence-electron chi connectivity index (χ3n) is 3.34. The molecule has 1 fully saturated rings. The van der Waals surface area contributed by atoms with E-state index in [9.17, 15) is 5.11 Å². The van der Waals surface area contributed by atoms with Crippen LogP contribution in [0, 0.1) is 0 Å². The molecule has 0 spiro atoms. The third kappa shape index (κ3) is 1.80. The van der Waals surface area contributed by atoms with Gasteiger partial charge in [0.25, 0.3) is 0 Å². The van der Waals surface area contributed by atoms with Gasteiger partial charge in [-0.2, -0.15) is 0 Å². The van der Waals surface area contributed by atoms with Crippen LogP contribution in [0.4, 0.5) is 0 Å². The molecule has 1 heterocycles. The second kappa shape index (κ2) is 4.06. The topological polar surface area (TPSA) is 33.1 Å². The maximum absolute atomic E-state index is 9.41. The molecule has 0 unspecified atom stereocenters. The van der Waals surface area contributed by atoms with Crippen molar-refractivity contribution in [1.29, 1.82) is 0 Å². The average molecular weight is 233 g/mol. The van der Waals surface area contributed by atoms with Gasteiger partial charge in [-0.3, -0.25) is 0 Å². The molecule has 0 saturated heterocycles. The van der Waals surface area contributed by atoms with E-state index in [1.807, 2.05) is 6.07 Å². The molecule has 1 aromatic carbocycles. The number of nitrogens with zero attached hydrogens (tertiary/aromatic N) is 1. The molecule has 0 aliphatic heterocycles.